The molecule has 0 aliphatic carbocycles. The summed E-state index contributed by atoms with van der Waals surface area (Å²) >= 11 is 0. The van der Waals surface area contributed by atoms with Crippen molar-refractivity contribution >= 4 is 17.4 Å². The van der Waals surface area contributed by atoms with Crippen LogP contribution >= 0.6 is 0 Å². The molecule has 6 heteroatoms. The largest absolute Gasteiger partial charge is 0.309 e. The van der Waals surface area contributed by atoms with E-state index in [4.69, 9.17) is 0 Å². The molecule has 0 spiro atoms. The quantitative estimate of drug-likeness (QED) is 0.462. The maximum atomic E-state index is 14.6. The summed E-state index contributed by atoms with van der Waals surface area (Å²) in [6.07, 6.45) is 2.35. The average Bonchev–Trinajstić information content (AvgIpc) is 3.08. The molecule has 152 valence electrons. The summed E-state index contributed by atoms with van der Waals surface area (Å²) in [5.74, 6) is -2.26. The molecule has 4 nitrogen and oxygen atoms in total. The summed E-state index contributed by atoms with van der Waals surface area (Å²) in [5.41, 5.74) is 2.58. The Morgan fingerprint density at radius 3 is 2.60 bits per heavy atom. The average molecular weight is 405 g/mol. The third kappa shape index (κ3) is 3.56. The van der Waals surface area contributed by atoms with E-state index in [2.05, 4.69) is 10.3 Å². The van der Waals surface area contributed by atoms with Gasteiger partial charge in [-0.25, -0.2) is 13.8 Å². The Balaban J connectivity index is 1.83. The Labute approximate surface area is 173 Å². The number of halogens is 2. The summed E-state index contributed by atoms with van der Waals surface area (Å²) in [7, 11) is 0. The number of rotatable bonds is 5. The molecule has 2 aromatic carbocycles. The van der Waals surface area contributed by atoms with Crippen molar-refractivity contribution in [2.24, 2.45) is 0 Å². The minimum atomic E-state index is -0.997. The lowest BCUT2D eigenvalue weighted by Gasteiger charge is -2.16. The molecular weight excluding hydrogens is 384 g/mol. The van der Waals surface area contributed by atoms with Gasteiger partial charge in [-0.1, -0.05) is 43.3 Å². The number of amides is 1. The van der Waals surface area contributed by atoms with E-state index in [1.54, 1.807) is 10.6 Å². The van der Waals surface area contributed by atoms with Gasteiger partial charge in [-0.2, -0.15) is 0 Å². The van der Waals surface area contributed by atoms with Crippen LogP contribution < -0.4 is 5.32 Å². The molecule has 1 atom stereocenters. The maximum absolute atomic E-state index is 14.6. The fourth-order valence-corrected chi connectivity index (χ4v) is 3.60. The number of carbonyl (C=O) groups excluding carboxylic acids is 1. The van der Waals surface area contributed by atoms with Gasteiger partial charge in [0.1, 0.15) is 17.2 Å². The summed E-state index contributed by atoms with van der Waals surface area (Å²) in [6, 6.07) is 17.1. The van der Waals surface area contributed by atoms with Crippen LogP contribution in [0, 0.1) is 18.6 Å². The van der Waals surface area contributed by atoms with E-state index < -0.39 is 11.6 Å². The van der Waals surface area contributed by atoms with Crippen LogP contribution in [0.25, 0.3) is 16.9 Å². The predicted octanol–water partition coefficient (Wildman–Crippen LogP) is 5.72. The highest BCUT2D eigenvalue weighted by Crippen LogP contribution is 2.33. The molecule has 0 saturated heterocycles. The lowest BCUT2D eigenvalue weighted by atomic mass is 9.95. The number of benzene rings is 2. The van der Waals surface area contributed by atoms with Crippen LogP contribution in [0.15, 0.2) is 66.9 Å². The molecule has 4 rings (SSSR count). The number of nitrogens with zero attached hydrogens (tertiary/aromatic N) is 2. The third-order valence-electron chi connectivity index (χ3n) is 5.16. The maximum Gasteiger partial charge on any atom is 0.233 e. The van der Waals surface area contributed by atoms with Gasteiger partial charge in [0, 0.05) is 11.8 Å². The molecule has 1 N–H and O–H groups in total. The first-order valence-corrected chi connectivity index (χ1v) is 9.78. The Hall–Kier alpha value is -3.54. The number of pyridine rings is 1. The lowest BCUT2D eigenvalue weighted by molar-refractivity contribution is -0.117. The number of imidazole rings is 1. The molecule has 0 bridgehead atoms. The van der Waals surface area contributed by atoms with Crippen LogP contribution in [0.1, 0.15) is 30.4 Å². The van der Waals surface area contributed by atoms with Crippen molar-refractivity contribution < 1.29 is 13.6 Å². The summed E-state index contributed by atoms with van der Waals surface area (Å²) in [6.45, 7) is 3.85. The number of hydrogen-bond donors (Lipinski definition) is 1. The number of fused-ring (bicyclic) bond motifs is 1. The van der Waals surface area contributed by atoms with Gasteiger partial charge in [0.2, 0.25) is 5.91 Å². The van der Waals surface area contributed by atoms with Crippen molar-refractivity contribution in [1.82, 2.24) is 9.38 Å². The van der Waals surface area contributed by atoms with Crippen molar-refractivity contribution in [2.75, 3.05) is 5.32 Å². The van der Waals surface area contributed by atoms with Crippen molar-refractivity contribution in [3.8, 4) is 11.3 Å². The summed E-state index contributed by atoms with van der Waals surface area (Å²) in [4.78, 5) is 17.7. The second-order valence-electron chi connectivity index (χ2n) is 7.20. The van der Waals surface area contributed by atoms with Crippen molar-refractivity contribution in [3.05, 3.63) is 89.6 Å². The molecular formula is C24H21F2N3O. The van der Waals surface area contributed by atoms with Crippen LogP contribution in [0.5, 0.6) is 0 Å². The molecule has 0 unspecified atom stereocenters. The second-order valence-corrected chi connectivity index (χ2v) is 7.20. The van der Waals surface area contributed by atoms with Gasteiger partial charge in [0.15, 0.2) is 11.6 Å². The smallest absolute Gasteiger partial charge is 0.233 e. The number of hydrogen-bond acceptors (Lipinski definition) is 2. The minimum Gasteiger partial charge on any atom is -0.309 e. The first kappa shape index (κ1) is 19.8. The normalized spacial score (nSPS) is 12.1. The highest BCUT2D eigenvalue weighted by molar-refractivity contribution is 5.98. The summed E-state index contributed by atoms with van der Waals surface area (Å²) < 4.78 is 30.1. The molecule has 30 heavy (non-hydrogen) atoms. The number of carbonyl (C=O) groups is 1. The summed E-state index contributed by atoms with van der Waals surface area (Å²) in [5, 5.41) is 2.92. The Morgan fingerprint density at radius 1 is 1.10 bits per heavy atom. The van der Waals surface area contributed by atoms with E-state index in [0.717, 1.165) is 17.2 Å². The highest BCUT2D eigenvalue weighted by Gasteiger charge is 2.24. The topological polar surface area (TPSA) is 46.4 Å². The molecule has 2 aromatic heterocycles. The zero-order valence-corrected chi connectivity index (χ0v) is 16.7. The Bertz CT molecular complexity index is 1220. The van der Waals surface area contributed by atoms with E-state index in [1.165, 1.54) is 12.1 Å². The van der Waals surface area contributed by atoms with E-state index in [9.17, 15) is 13.6 Å². The monoisotopic (exact) mass is 405 g/mol. The van der Waals surface area contributed by atoms with Gasteiger partial charge in [0.25, 0.3) is 0 Å². The van der Waals surface area contributed by atoms with Gasteiger partial charge in [-0.05, 0) is 48.7 Å². The van der Waals surface area contributed by atoms with E-state index in [0.29, 0.717) is 17.9 Å². The number of aromatic nitrogens is 2. The van der Waals surface area contributed by atoms with Crippen molar-refractivity contribution in [3.63, 3.8) is 0 Å². The molecule has 4 aromatic rings. The van der Waals surface area contributed by atoms with Crippen LogP contribution in [0.3, 0.4) is 0 Å². The van der Waals surface area contributed by atoms with Crippen LogP contribution in [-0.4, -0.2) is 15.3 Å². The van der Waals surface area contributed by atoms with Gasteiger partial charge < -0.3 is 5.32 Å². The molecule has 0 aliphatic rings. The lowest BCUT2D eigenvalue weighted by Crippen LogP contribution is -2.22. The fraction of sp³-hybridized carbons (Fsp3) is 0.167. The van der Waals surface area contributed by atoms with Crippen molar-refractivity contribution in [2.45, 2.75) is 26.2 Å². The van der Waals surface area contributed by atoms with E-state index in [1.807, 2.05) is 56.3 Å². The van der Waals surface area contributed by atoms with Crippen LogP contribution in [-0.2, 0) is 4.79 Å². The number of nitrogens with one attached hydrogen (secondary N) is 1. The Morgan fingerprint density at radius 2 is 1.87 bits per heavy atom. The van der Waals surface area contributed by atoms with Crippen LogP contribution in [0.2, 0.25) is 0 Å². The molecule has 0 radical (unpaired) electrons. The number of anilines is 1. The minimum absolute atomic E-state index is 0.000544. The first-order chi connectivity index (χ1) is 14.5. The van der Waals surface area contributed by atoms with Gasteiger partial charge in [-0.15, -0.1) is 0 Å². The molecule has 1 amide bonds. The second kappa shape index (κ2) is 8.06. The zero-order chi connectivity index (χ0) is 21.3. The van der Waals surface area contributed by atoms with Gasteiger partial charge in [0.05, 0.1) is 5.92 Å². The van der Waals surface area contributed by atoms with Gasteiger partial charge in [-0.3, -0.25) is 9.20 Å². The predicted molar refractivity (Wildman–Crippen MR) is 113 cm³/mol. The molecule has 0 fully saturated rings. The SMILES string of the molecule is CC[C@@H](C(=O)Nc1c(-c2cccc(F)c2F)nc2cc(C)ccn12)c1ccccc1. The Kier molecular flexibility index (Phi) is 5.31. The molecule has 2 heterocycles. The highest BCUT2D eigenvalue weighted by atomic mass is 19.2. The standard InChI is InChI=1S/C24H21F2N3O/c1-3-17(16-8-5-4-6-9-16)24(30)28-23-22(18-10-7-11-19(25)21(18)26)27-20-14-15(2)12-13-29(20)23/h4-14,17H,3H2,1-2H3,(H,28,30)/t17-/m1/s1. The molecule has 0 saturated carbocycles. The zero-order valence-electron chi connectivity index (χ0n) is 16.7. The molecule has 0 aliphatic heterocycles. The van der Waals surface area contributed by atoms with E-state index in [-0.39, 0.29) is 23.1 Å². The van der Waals surface area contributed by atoms with Gasteiger partial charge >= 0.3 is 0 Å². The van der Waals surface area contributed by atoms with Crippen LogP contribution in [0.4, 0.5) is 14.6 Å². The number of aryl methyl sites for hydroxylation is 1. The third-order valence-corrected chi connectivity index (χ3v) is 5.16. The van der Waals surface area contributed by atoms with Crippen molar-refractivity contribution in [1.29, 1.82) is 0 Å². The fourth-order valence-electron chi connectivity index (χ4n) is 3.60. The first-order valence-electron chi connectivity index (χ1n) is 9.78. The van der Waals surface area contributed by atoms with E-state index >= 15 is 0 Å².